The number of carbonyl (C=O) groups excluding carboxylic acids is 1. The number of fused-ring (bicyclic) bond motifs is 1. The predicted octanol–water partition coefficient (Wildman–Crippen LogP) is 4.15. The molecule has 0 spiro atoms. The Kier molecular flexibility index (Phi) is 9.90. The molecular formula is C25H35IN4O3. The van der Waals surface area contributed by atoms with Gasteiger partial charge in [-0.2, -0.15) is 0 Å². The maximum absolute atomic E-state index is 12.0. The molecule has 4 rings (SSSR count). The van der Waals surface area contributed by atoms with Crippen molar-refractivity contribution in [1.29, 1.82) is 0 Å². The highest BCUT2D eigenvalue weighted by Crippen LogP contribution is 2.21. The van der Waals surface area contributed by atoms with Gasteiger partial charge in [-0.05, 0) is 62.3 Å². The van der Waals surface area contributed by atoms with Crippen LogP contribution in [0.15, 0.2) is 52.1 Å². The molecule has 2 heterocycles. The number of ether oxygens (including phenoxy) is 1. The van der Waals surface area contributed by atoms with E-state index in [0.29, 0.717) is 32.3 Å². The van der Waals surface area contributed by atoms with E-state index in [1.807, 2.05) is 19.1 Å². The van der Waals surface area contributed by atoms with Gasteiger partial charge in [0, 0.05) is 38.1 Å². The number of nitrogens with zero attached hydrogens (tertiary/aromatic N) is 2. The first-order valence-corrected chi connectivity index (χ1v) is 11.8. The van der Waals surface area contributed by atoms with Crippen LogP contribution in [0.1, 0.15) is 43.1 Å². The van der Waals surface area contributed by atoms with Gasteiger partial charge in [0.1, 0.15) is 5.76 Å². The number of aryl methyl sites for hydroxylation is 1. The normalized spacial score (nSPS) is 18.8. The highest BCUT2D eigenvalue weighted by atomic mass is 127. The fraction of sp³-hybridized carbons (Fsp3) is 0.520. The summed E-state index contributed by atoms with van der Waals surface area (Å²) < 4.78 is 10.6. The van der Waals surface area contributed by atoms with Crippen LogP contribution in [-0.4, -0.2) is 55.3 Å². The second-order valence-electron chi connectivity index (χ2n) is 8.52. The van der Waals surface area contributed by atoms with E-state index in [1.165, 1.54) is 11.1 Å². The Morgan fingerprint density at radius 2 is 1.85 bits per heavy atom. The molecule has 1 aromatic heterocycles. The summed E-state index contributed by atoms with van der Waals surface area (Å²) in [7, 11) is 0. The van der Waals surface area contributed by atoms with Crippen molar-refractivity contribution in [3.05, 3.63) is 59.5 Å². The third-order valence-electron chi connectivity index (χ3n) is 6.26. The van der Waals surface area contributed by atoms with Gasteiger partial charge in [0.2, 0.25) is 0 Å². The zero-order chi connectivity index (χ0) is 22.2. The smallest absolute Gasteiger partial charge is 0.409 e. The average molecular weight is 566 g/mol. The highest BCUT2D eigenvalue weighted by molar-refractivity contribution is 14.0. The molecule has 1 aliphatic carbocycles. The molecule has 2 N–H and O–H groups in total. The fourth-order valence-electron chi connectivity index (χ4n) is 4.49. The Labute approximate surface area is 213 Å². The van der Waals surface area contributed by atoms with Crippen LogP contribution in [0.4, 0.5) is 4.79 Å². The Morgan fingerprint density at radius 1 is 1.09 bits per heavy atom. The Bertz CT molecular complexity index is 895. The first-order chi connectivity index (χ1) is 15.7. The molecule has 1 atom stereocenters. The number of piperidine rings is 1. The summed E-state index contributed by atoms with van der Waals surface area (Å²) >= 11 is 0. The number of guanidine groups is 1. The lowest BCUT2D eigenvalue weighted by Gasteiger charge is -2.33. The molecule has 1 amide bonds. The van der Waals surface area contributed by atoms with E-state index in [4.69, 9.17) is 14.1 Å². The number of likely N-dealkylation sites (tertiary alicyclic amines) is 1. The standard InChI is InChI=1S/C25H34N4O3.HI/c1-2-31-25(30)29-15-12-21(13-16-29)27-24(26-14-11-23-8-5-17-32-23)28-22-10-9-19-6-3-4-7-20(19)18-22;/h3-8,17,21-22H,2,9-16,18H2,1H3,(H2,26,27,28);1H. The first kappa shape index (κ1) is 25.4. The van der Waals surface area contributed by atoms with Gasteiger partial charge in [0.25, 0.3) is 0 Å². The second-order valence-corrected chi connectivity index (χ2v) is 8.52. The molecule has 0 radical (unpaired) electrons. The lowest BCUT2D eigenvalue weighted by molar-refractivity contribution is 0.0963. The number of benzene rings is 1. The first-order valence-electron chi connectivity index (χ1n) is 11.8. The van der Waals surface area contributed by atoms with Gasteiger partial charge >= 0.3 is 6.09 Å². The highest BCUT2D eigenvalue weighted by Gasteiger charge is 2.25. The minimum Gasteiger partial charge on any atom is -0.469 e. The number of hydrogen-bond donors (Lipinski definition) is 2. The van der Waals surface area contributed by atoms with E-state index >= 15 is 0 Å². The monoisotopic (exact) mass is 566 g/mol. The maximum Gasteiger partial charge on any atom is 0.409 e. The largest absolute Gasteiger partial charge is 0.469 e. The van der Waals surface area contributed by atoms with Gasteiger partial charge in [-0.3, -0.25) is 4.99 Å². The molecule has 1 aliphatic heterocycles. The number of hydrogen-bond acceptors (Lipinski definition) is 4. The van der Waals surface area contributed by atoms with Crippen LogP contribution >= 0.6 is 24.0 Å². The summed E-state index contributed by atoms with van der Waals surface area (Å²) in [5.74, 6) is 1.80. The molecule has 0 bridgehead atoms. The number of amides is 1. The van der Waals surface area contributed by atoms with Crippen molar-refractivity contribution in [3.8, 4) is 0 Å². The van der Waals surface area contributed by atoms with Crippen molar-refractivity contribution in [2.24, 2.45) is 4.99 Å². The number of halogens is 1. The van der Waals surface area contributed by atoms with Crippen LogP contribution in [0.5, 0.6) is 0 Å². The van der Waals surface area contributed by atoms with E-state index in [-0.39, 0.29) is 36.1 Å². The zero-order valence-corrected chi connectivity index (χ0v) is 21.6. The van der Waals surface area contributed by atoms with Crippen molar-refractivity contribution >= 4 is 36.0 Å². The number of rotatable bonds is 6. The second kappa shape index (κ2) is 12.9. The van der Waals surface area contributed by atoms with Crippen molar-refractivity contribution in [3.63, 3.8) is 0 Å². The van der Waals surface area contributed by atoms with Gasteiger partial charge in [-0.1, -0.05) is 24.3 Å². The molecule has 2 aromatic rings. The summed E-state index contributed by atoms with van der Waals surface area (Å²) in [6, 6.07) is 13.3. The molecule has 0 saturated carbocycles. The summed E-state index contributed by atoms with van der Waals surface area (Å²) in [5, 5.41) is 7.31. The summed E-state index contributed by atoms with van der Waals surface area (Å²) in [4.78, 5) is 18.6. The van der Waals surface area contributed by atoms with Crippen LogP contribution in [-0.2, 0) is 24.0 Å². The van der Waals surface area contributed by atoms with Crippen molar-refractivity contribution in [1.82, 2.24) is 15.5 Å². The minimum absolute atomic E-state index is 0. The molecule has 1 fully saturated rings. The third-order valence-corrected chi connectivity index (χ3v) is 6.26. The van der Waals surface area contributed by atoms with Crippen LogP contribution in [0.3, 0.4) is 0 Å². The summed E-state index contributed by atoms with van der Waals surface area (Å²) in [5.41, 5.74) is 2.88. The Balaban J connectivity index is 0.00000306. The molecule has 33 heavy (non-hydrogen) atoms. The number of carbonyl (C=O) groups is 1. The predicted molar refractivity (Wildman–Crippen MR) is 140 cm³/mol. The van der Waals surface area contributed by atoms with Gasteiger partial charge < -0.3 is 24.7 Å². The quantitative estimate of drug-likeness (QED) is 0.312. The molecule has 2 aliphatic rings. The maximum atomic E-state index is 12.0. The summed E-state index contributed by atoms with van der Waals surface area (Å²) in [6.45, 7) is 4.32. The summed E-state index contributed by atoms with van der Waals surface area (Å²) in [6.07, 6.45) is 7.22. The number of furan rings is 1. The Morgan fingerprint density at radius 3 is 2.58 bits per heavy atom. The van der Waals surface area contributed by atoms with Crippen LogP contribution in [0.25, 0.3) is 0 Å². The number of nitrogens with one attached hydrogen (secondary N) is 2. The van der Waals surface area contributed by atoms with E-state index in [9.17, 15) is 4.79 Å². The molecule has 8 heteroatoms. The van der Waals surface area contributed by atoms with E-state index in [1.54, 1.807) is 11.2 Å². The van der Waals surface area contributed by atoms with E-state index < -0.39 is 0 Å². The van der Waals surface area contributed by atoms with E-state index in [0.717, 1.165) is 50.2 Å². The Hall–Kier alpha value is -2.23. The van der Waals surface area contributed by atoms with Crippen LogP contribution in [0.2, 0.25) is 0 Å². The SMILES string of the molecule is CCOC(=O)N1CCC(NC(=NCCc2ccco2)NC2CCc3ccccc3C2)CC1.I. The average Bonchev–Trinajstić information content (AvgIpc) is 3.33. The van der Waals surface area contributed by atoms with Crippen LogP contribution in [0, 0.1) is 0 Å². The van der Waals surface area contributed by atoms with Gasteiger partial charge in [-0.15, -0.1) is 24.0 Å². The van der Waals surface area contributed by atoms with Crippen molar-refractivity contribution < 1.29 is 13.9 Å². The van der Waals surface area contributed by atoms with E-state index in [2.05, 4.69) is 34.9 Å². The molecule has 1 saturated heterocycles. The lowest BCUT2D eigenvalue weighted by Crippen LogP contribution is -2.52. The van der Waals surface area contributed by atoms with Gasteiger partial charge in [0.05, 0.1) is 12.9 Å². The van der Waals surface area contributed by atoms with Crippen LogP contribution < -0.4 is 10.6 Å². The molecule has 1 aromatic carbocycles. The topological polar surface area (TPSA) is 79.1 Å². The van der Waals surface area contributed by atoms with Gasteiger partial charge in [-0.25, -0.2) is 4.79 Å². The number of aliphatic imine (C=N–C) groups is 1. The fourth-order valence-corrected chi connectivity index (χ4v) is 4.49. The molecular weight excluding hydrogens is 531 g/mol. The molecule has 1 unspecified atom stereocenters. The third kappa shape index (κ3) is 7.38. The van der Waals surface area contributed by atoms with Crippen molar-refractivity contribution in [2.75, 3.05) is 26.2 Å². The molecule has 180 valence electrons. The van der Waals surface area contributed by atoms with Gasteiger partial charge in [0.15, 0.2) is 5.96 Å². The lowest BCUT2D eigenvalue weighted by atomic mass is 9.88. The van der Waals surface area contributed by atoms with Crippen molar-refractivity contribution in [2.45, 2.75) is 57.5 Å². The molecule has 7 nitrogen and oxygen atoms in total. The zero-order valence-electron chi connectivity index (χ0n) is 19.3. The minimum atomic E-state index is -0.211.